The van der Waals surface area contributed by atoms with Gasteiger partial charge in [0.05, 0.1) is 18.4 Å². The molecule has 1 aliphatic heterocycles. The minimum absolute atomic E-state index is 0.218. The molecule has 2 heterocycles. The summed E-state index contributed by atoms with van der Waals surface area (Å²) in [5, 5.41) is 0.983. The van der Waals surface area contributed by atoms with Gasteiger partial charge in [-0.3, -0.25) is 4.18 Å². The molecule has 0 saturated carbocycles. The zero-order valence-electron chi connectivity index (χ0n) is 17.2. The highest BCUT2D eigenvalue weighted by atomic mass is 32.2. The summed E-state index contributed by atoms with van der Waals surface area (Å²) in [7, 11) is -3.71. The number of benzene rings is 1. The van der Waals surface area contributed by atoms with Crippen LogP contribution in [0.3, 0.4) is 0 Å². The Morgan fingerprint density at radius 2 is 2.03 bits per heavy atom. The number of rotatable bonds is 5. The van der Waals surface area contributed by atoms with Gasteiger partial charge in [-0.2, -0.15) is 8.42 Å². The van der Waals surface area contributed by atoms with Crippen molar-refractivity contribution < 1.29 is 22.1 Å². The Labute approximate surface area is 171 Å². The number of amides is 1. The number of nitrogens with one attached hydrogen (secondary N) is 1. The topological polar surface area (TPSA) is 115 Å². The van der Waals surface area contributed by atoms with Crippen molar-refractivity contribution in [2.45, 2.75) is 50.9 Å². The number of fused-ring (bicyclic) bond motifs is 1. The number of aromatic nitrogens is 1. The second kappa shape index (κ2) is 7.97. The van der Waals surface area contributed by atoms with Gasteiger partial charge in [0.15, 0.2) is 0 Å². The minimum Gasteiger partial charge on any atom is -0.444 e. The van der Waals surface area contributed by atoms with E-state index in [1.165, 1.54) is 0 Å². The predicted octanol–water partition coefficient (Wildman–Crippen LogP) is 2.56. The summed E-state index contributed by atoms with van der Waals surface area (Å²) in [5.74, 6) is -0.326. The lowest BCUT2D eigenvalue weighted by Gasteiger charge is -2.34. The average molecular weight is 424 g/mol. The van der Waals surface area contributed by atoms with Gasteiger partial charge in [-0.05, 0) is 38.8 Å². The van der Waals surface area contributed by atoms with Gasteiger partial charge in [0.25, 0.3) is 10.1 Å². The number of hydrogen-bond donors (Lipinski definition) is 2. The SMILES string of the molecule is CC(C)(C)OC(=O)N1CC[C@H](OS(C)(=O)=O)[C@H]1[C@@H](CN)c1c[nH]c2ccccc12. The van der Waals surface area contributed by atoms with E-state index >= 15 is 0 Å². The molecule has 0 aliphatic carbocycles. The van der Waals surface area contributed by atoms with Crippen LogP contribution in [0.15, 0.2) is 30.5 Å². The first-order valence-corrected chi connectivity index (χ1v) is 11.5. The number of aromatic amines is 1. The van der Waals surface area contributed by atoms with Crippen molar-refractivity contribution >= 4 is 27.1 Å². The van der Waals surface area contributed by atoms with E-state index in [2.05, 4.69) is 4.98 Å². The van der Waals surface area contributed by atoms with Crippen LogP contribution in [0.1, 0.15) is 38.7 Å². The van der Waals surface area contributed by atoms with Crippen LogP contribution < -0.4 is 5.73 Å². The van der Waals surface area contributed by atoms with E-state index in [1.807, 2.05) is 30.5 Å². The second-order valence-corrected chi connectivity index (χ2v) is 10.0. The van der Waals surface area contributed by atoms with E-state index in [-0.39, 0.29) is 12.5 Å². The fourth-order valence-corrected chi connectivity index (χ4v) is 4.64. The molecule has 0 spiro atoms. The smallest absolute Gasteiger partial charge is 0.410 e. The quantitative estimate of drug-likeness (QED) is 0.714. The molecule has 1 aromatic heterocycles. The Hall–Kier alpha value is -2.10. The Morgan fingerprint density at radius 1 is 1.34 bits per heavy atom. The summed E-state index contributed by atoms with van der Waals surface area (Å²) in [6.07, 6.45) is 2.07. The maximum atomic E-state index is 12.9. The highest BCUT2D eigenvalue weighted by Gasteiger charge is 2.46. The summed E-state index contributed by atoms with van der Waals surface area (Å²) in [4.78, 5) is 17.7. The zero-order chi connectivity index (χ0) is 21.4. The van der Waals surface area contributed by atoms with Crippen molar-refractivity contribution in [1.82, 2.24) is 9.88 Å². The van der Waals surface area contributed by atoms with Gasteiger partial charge in [-0.15, -0.1) is 0 Å². The van der Waals surface area contributed by atoms with Gasteiger partial charge >= 0.3 is 6.09 Å². The first-order chi connectivity index (χ1) is 13.5. The number of para-hydroxylation sites is 1. The van der Waals surface area contributed by atoms with Gasteiger partial charge in [0, 0.05) is 36.1 Å². The fraction of sp³-hybridized carbons (Fsp3) is 0.550. The van der Waals surface area contributed by atoms with Gasteiger partial charge in [-0.1, -0.05) is 18.2 Å². The number of H-pyrrole nitrogens is 1. The maximum Gasteiger partial charge on any atom is 0.410 e. The zero-order valence-corrected chi connectivity index (χ0v) is 18.0. The standard InChI is InChI=1S/C20H29N3O5S/c1-20(2,3)27-19(24)23-10-9-17(28-29(4,25)26)18(23)14(11-21)15-12-22-16-8-6-5-7-13(15)16/h5-8,12,14,17-18,22H,9-11,21H2,1-4H3/t14-,17-,18+/m0/s1. The molecule has 29 heavy (non-hydrogen) atoms. The molecule has 3 rings (SSSR count). The van der Waals surface area contributed by atoms with Crippen LogP contribution in [0.4, 0.5) is 4.79 Å². The third-order valence-corrected chi connectivity index (χ3v) is 5.61. The number of carbonyl (C=O) groups is 1. The summed E-state index contributed by atoms with van der Waals surface area (Å²) in [6, 6.07) is 7.22. The lowest BCUT2D eigenvalue weighted by Crippen LogP contribution is -2.48. The summed E-state index contributed by atoms with van der Waals surface area (Å²) >= 11 is 0. The van der Waals surface area contributed by atoms with Crippen LogP contribution in [-0.4, -0.2) is 61.5 Å². The molecule has 9 heteroatoms. The van der Waals surface area contributed by atoms with E-state index in [9.17, 15) is 13.2 Å². The largest absolute Gasteiger partial charge is 0.444 e. The molecule has 1 amide bonds. The number of ether oxygens (including phenoxy) is 1. The fourth-order valence-electron chi connectivity index (χ4n) is 3.98. The van der Waals surface area contributed by atoms with Gasteiger partial charge < -0.3 is 20.4 Å². The van der Waals surface area contributed by atoms with Crippen molar-refractivity contribution in [3.63, 3.8) is 0 Å². The van der Waals surface area contributed by atoms with Crippen LogP contribution in [-0.2, 0) is 19.0 Å². The van der Waals surface area contributed by atoms with E-state index in [4.69, 9.17) is 14.7 Å². The lowest BCUT2D eigenvalue weighted by atomic mass is 9.88. The average Bonchev–Trinajstić information content (AvgIpc) is 3.18. The third-order valence-electron chi connectivity index (χ3n) is 5.01. The van der Waals surface area contributed by atoms with Crippen molar-refractivity contribution in [3.8, 4) is 0 Å². The maximum absolute atomic E-state index is 12.9. The molecule has 1 aliphatic rings. The monoisotopic (exact) mass is 423 g/mol. The Kier molecular flexibility index (Phi) is 5.93. The molecule has 0 bridgehead atoms. The van der Waals surface area contributed by atoms with Gasteiger partial charge in [0.1, 0.15) is 5.60 Å². The van der Waals surface area contributed by atoms with Gasteiger partial charge in [-0.25, -0.2) is 4.79 Å². The molecule has 8 nitrogen and oxygen atoms in total. The van der Waals surface area contributed by atoms with E-state index in [0.717, 1.165) is 22.7 Å². The Balaban J connectivity index is 2.02. The molecule has 0 unspecified atom stereocenters. The highest BCUT2D eigenvalue weighted by molar-refractivity contribution is 7.86. The molecule has 2 aromatic rings. The minimum atomic E-state index is -3.71. The van der Waals surface area contributed by atoms with Crippen LogP contribution in [0.2, 0.25) is 0 Å². The van der Waals surface area contributed by atoms with E-state index in [1.54, 1.807) is 25.7 Å². The Morgan fingerprint density at radius 3 is 2.66 bits per heavy atom. The van der Waals surface area contributed by atoms with Crippen LogP contribution in [0, 0.1) is 0 Å². The molecular formula is C20H29N3O5S. The lowest BCUT2D eigenvalue weighted by molar-refractivity contribution is 0.0145. The van der Waals surface area contributed by atoms with E-state index < -0.39 is 34.0 Å². The van der Waals surface area contributed by atoms with Crippen LogP contribution >= 0.6 is 0 Å². The predicted molar refractivity (Wildman–Crippen MR) is 111 cm³/mol. The molecule has 1 aromatic carbocycles. The first kappa shape index (κ1) is 21.6. The summed E-state index contributed by atoms with van der Waals surface area (Å²) in [5.41, 5.74) is 7.35. The molecule has 3 atom stereocenters. The van der Waals surface area contributed by atoms with Crippen LogP contribution in [0.5, 0.6) is 0 Å². The normalized spacial score (nSPS) is 21.5. The molecule has 3 N–H and O–H groups in total. The van der Waals surface area contributed by atoms with E-state index in [0.29, 0.717) is 13.0 Å². The molecule has 1 saturated heterocycles. The number of nitrogens with two attached hydrogens (primary N) is 1. The van der Waals surface area contributed by atoms with Crippen molar-refractivity contribution in [2.75, 3.05) is 19.3 Å². The van der Waals surface area contributed by atoms with Crippen LogP contribution in [0.25, 0.3) is 10.9 Å². The van der Waals surface area contributed by atoms with Crippen molar-refractivity contribution in [1.29, 1.82) is 0 Å². The number of hydrogen-bond acceptors (Lipinski definition) is 6. The highest BCUT2D eigenvalue weighted by Crippen LogP contribution is 2.37. The number of likely N-dealkylation sites (tertiary alicyclic amines) is 1. The molecule has 160 valence electrons. The Bertz CT molecular complexity index is 979. The van der Waals surface area contributed by atoms with Crippen molar-refractivity contribution in [2.24, 2.45) is 5.73 Å². The molecule has 0 radical (unpaired) electrons. The first-order valence-electron chi connectivity index (χ1n) is 9.64. The molecule has 1 fully saturated rings. The van der Waals surface area contributed by atoms with Crippen molar-refractivity contribution in [3.05, 3.63) is 36.0 Å². The number of carbonyl (C=O) groups excluding carboxylic acids is 1. The summed E-state index contributed by atoms with van der Waals surface area (Å²) in [6.45, 7) is 5.93. The third kappa shape index (κ3) is 4.91. The number of nitrogens with zero attached hydrogens (tertiary/aromatic N) is 1. The second-order valence-electron chi connectivity index (χ2n) is 8.42. The van der Waals surface area contributed by atoms with Gasteiger partial charge in [0.2, 0.25) is 0 Å². The summed E-state index contributed by atoms with van der Waals surface area (Å²) < 4.78 is 34.6. The molecular weight excluding hydrogens is 394 g/mol.